The van der Waals surface area contributed by atoms with E-state index in [0.717, 1.165) is 29.2 Å². The van der Waals surface area contributed by atoms with E-state index >= 15 is 0 Å². The van der Waals surface area contributed by atoms with Gasteiger partial charge in [-0.25, -0.2) is 15.0 Å². The van der Waals surface area contributed by atoms with Gasteiger partial charge in [0.2, 0.25) is 5.95 Å². The summed E-state index contributed by atoms with van der Waals surface area (Å²) in [6.45, 7) is 6.78. The third-order valence-corrected chi connectivity index (χ3v) is 2.90. The predicted molar refractivity (Wildman–Crippen MR) is 66.1 cm³/mol. The second-order valence-electron chi connectivity index (χ2n) is 4.10. The highest BCUT2D eigenvalue weighted by Crippen LogP contribution is 2.11. The van der Waals surface area contributed by atoms with Crippen LogP contribution >= 0.6 is 0 Å². The van der Waals surface area contributed by atoms with E-state index in [1.165, 1.54) is 0 Å². The fourth-order valence-electron chi connectivity index (χ4n) is 1.66. The molecule has 2 rings (SSSR count). The highest BCUT2D eigenvalue weighted by atomic mass is 15.2. The van der Waals surface area contributed by atoms with Crippen LogP contribution in [0.15, 0.2) is 12.5 Å². The molecule has 5 heteroatoms. The van der Waals surface area contributed by atoms with Crippen molar-refractivity contribution in [3.05, 3.63) is 35.2 Å². The van der Waals surface area contributed by atoms with Crippen molar-refractivity contribution < 1.29 is 0 Å². The van der Waals surface area contributed by atoms with Crippen LogP contribution < -0.4 is 5.32 Å². The van der Waals surface area contributed by atoms with Crippen LogP contribution in [0.2, 0.25) is 0 Å². The number of nitrogens with zero attached hydrogens (tertiary/aromatic N) is 4. The van der Waals surface area contributed by atoms with Gasteiger partial charge in [0.1, 0.15) is 6.33 Å². The number of hydrogen-bond acceptors (Lipinski definition) is 4. The third-order valence-electron chi connectivity index (χ3n) is 2.90. The van der Waals surface area contributed by atoms with Gasteiger partial charge in [0.25, 0.3) is 0 Å². The van der Waals surface area contributed by atoms with E-state index in [0.29, 0.717) is 5.95 Å². The first kappa shape index (κ1) is 11.7. The van der Waals surface area contributed by atoms with Gasteiger partial charge in [-0.2, -0.15) is 0 Å². The molecule has 0 spiro atoms. The minimum atomic E-state index is 0.681. The van der Waals surface area contributed by atoms with Crippen LogP contribution in [0.3, 0.4) is 0 Å². The molecule has 17 heavy (non-hydrogen) atoms. The van der Waals surface area contributed by atoms with E-state index in [-0.39, 0.29) is 0 Å². The van der Waals surface area contributed by atoms with Crippen molar-refractivity contribution in [2.45, 2.75) is 27.3 Å². The van der Waals surface area contributed by atoms with E-state index < -0.39 is 0 Å². The van der Waals surface area contributed by atoms with E-state index in [4.69, 9.17) is 0 Å². The Hall–Kier alpha value is -1.75. The lowest BCUT2D eigenvalue weighted by atomic mass is 10.2. The first-order chi connectivity index (χ1) is 8.13. The number of nitrogens with one attached hydrogen (secondary N) is 1. The standard InChI is InChI=1S/C12H17N5/c1-8-10(3)17(7-15-8)12-14-6-11(5-13-4)9(2)16-12/h6-7,13H,5H2,1-4H3. The predicted octanol–water partition coefficient (Wildman–Crippen LogP) is 1.31. The lowest BCUT2D eigenvalue weighted by Crippen LogP contribution is -2.10. The number of hydrogen-bond donors (Lipinski definition) is 1. The first-order valence-corrected chi connectivity index (χ1v) is 5.61. The van der Waals surface area contributed by atoms with Crippen LogP contribution in [0.4, 0.5) is 0 Å². The zero-order valence-corrected chi connectivity index (χ0v) is 10.7. The van der Waals surface area contributed by atoms with Crippen LogP contribution in [-0.2, 0) is 6.54 Å². The largest absolute Gasteiger partial charge is 0.316 e. The highest BCUT2D eigenvalue weighted by Gasteiger charge is 2.08. The van der Waals surface area contributed by atoms with E-state index in [1.807, 2.05) is 38.6 Å². The molecule has 0 saturated carbocycles. The summed E-state index contributed by atoms with van der Waals surface area (Å²) in [6, 6.07) is 0. The van der Waals surface area contributed by atoms with Gasteiger partial charge in [0, 0.05) is 29.7 Å². The van der Waals surface area contributed by atoms with Crippen molar-refractivity contribution in [3.63, 3.8) is 0 Å². The molecule has 5 nitrogen and oxygen atoms in total. The summed E-state index contributed by atoms with van der Waals surface area (Å²) < 4.78 is 1.91. The maximum atomic E-state index is 4.51. The molecular weight excluding hydrogens is 214 g/mol. The van der Waals surface area contributed by atoms with Gasteiger partial charge in [0.05, 0.1) is 5.69 Å². The molecule has 0 bridgehead atoms. The molecule has 0 saturated heterocycles. The van der Waals surface area contributed by atoms with E-state index in [2.05, 4.69) is 20.3 Å². The summed E-state index contributed by atoms with van der Waals surface area (Å²) >= 11 is 0. The van der Waals surface area contributed by atoms with Crippen LogP contribution in [-0.4, -0.2) is 26.6 Å². The molecule has 0 fully saturated rings. The Morgan fingerprint density at radius 3 is 2.47 bits per heavy atom. The van der Waals surface area contributed by atoms with Crippen molar-refractivity contribution in [3.8, 4) is 5.95 Å². The maximum absolute atomic E-state index is 4.51. The Morgan fingerprint density at radius 1 is 1.18 bits per heavy atom. The highest BCUT2D eigenvalue weighted by molar-refractivity contribution is 5.25. The summed E-state index contributed by atoms with van der Waals surface area (Å²) in [5, 5.41) is 3.10. The molecule has 0 amide bonds. The van der Waals surface area contributed by atoms with Gasteiger partial charge < -0.3 is 5.32 Å². The average molecular weight is 231 g/mol. The summed E-state index contributed by atoms with van der Waals surface area (Å²) in [5.74, 6) is 0.681. The van der Waals surface area contributed by atoms with Gasteiger partial charge in [-0.1, -0.05) is 0 Å². The Labute approximate surface area is 101 Å². The van der Waals surface area contributed by atoms with Crippen LogP contribution in [0.5, 0.6) is 0 Å². The molecule has 0 atom stereocenters. The molecule has 90 valence electrons. The van der Waals surface area contributed by atoms with Gasteiger partial charge >= 0.3 is 0 Å². The zero-order chi connectivity index (χ0) is 12.4. The number of aromatic nitrogens is 4. The Bertz CT molecular complexity index is 530. The lowest BCUT2D eigenvalue weighted by molar-refractivity contribution is 0.784. The van der Waals surface area contributed by atoms with E-state index in [1.54, 1.807) is 6.33 Å². The second kappa shape index (κ2) is 4.63. The van der Waals surface area contributed by atoms with Crippen molar-refractivity contribution in [1.82, 2.24) is 24.8 Å². The fraction of sp³-hybridized carbons (Fsp3) is 0.417. The quantitative estimate of drug-likeness (QED) is 0.865. The van der Waals surface area contributed by atoms with Gasteiger partial charge in [-0.3, -0.25) is 4.57 Å². The molecule has 2 aromatic heterocycles. The minimum absolute atomic E-state index is 0.681. The molecule has 0 aliphatic carbocycles. The van der Waals surface area contributed by atoms with Gasteiger partial charge in [-0.15, -0.1) is 0 Å². The lowest BCUT2D eigenvalue weighted by Gasteiger charge is -2.08. The molecule has 0 aliphatic heterocycles. The van der Waals surface area contributed by atoms with Crippen LogP contribution in [0.1, 0.15) is 22.6 Å². The fourth-order valence-corrected chi connectivity index (χ4v) is 1.66. The molecule has 0 radical (unpaired) electrons. The monoisotopic (exact) mass is 231 g/mol. The van der Waals surface area contributed by atoms with E-state index in [9.17, 15) is 0 Å². The Balaban J connectivity index is 2.41. The van der Waals surface area contributed by atoms with Crippen molar-refractivity contribution in [2.75, 3.05) is 7.05 Å². The van der Waals surface area contributed by atoms with Crippen molar-refractivity contribution in [2.24, 2.45) is 0 Å². The molecule has 0 unspecified atom stereocenters. The number of aryl methyl sites for hydroxylation is 2. The molecule has 2 heterocycles. The van der Waals surface area contributed by atoms with Crippen molar-refractivity contribution in [1.29, 1.82) is 0 Å². The van der Waals surface area contributed by atoms with Crippen molar-refractivity contribution >= 4 is 0 Å². The molecule has 1 N–H and O–H groups in total. The Kier molecular flexibility index (Phi) is 3.19. The summed E-state index contributed by atoms with van der Waals surface area (Å²) in [5.41, 5.74) is 4.19. The normalized spacial score (nSPS) is 10.8. The average Bonchev–Trinajstić information content (AvgIpc) is 2.63. The third kappa shape index (κ3) is 2.19. The molecule has 2 aromatic rings. The second-order valence-corrected chi connectivity index (χ2v) is 4.10. The van der Waals surface area contributed by atoms with Crippen LogP contribution in [0, 0.1) is 20.8 Å². The minimum Gasteiger partial charge on any atom is -0.316 e. The number of rotatable bonds is 3. The summed E-state index contributed by atoms with van der Waals surface area (Å²) in [4.78, 5) is 13.1. The summed E-state index contributed by atoms with van der Waals surface area (Å²) in [7, 11) is 1.91. The first-order valence-electron chi connectivity index (χ1n) is 5.61. The SMILES string of the molecule is CNCc1cnc(-n2cnc(C)c2C)nc1C. The maximum Gasteiger partial charge on any atom is 0.235 e. The molecular formula is C12H17N5. The van der Waals surface area contributed by atoms with Gasteiger partial charge in [-0.05, 0) is 27.8 Å². The molecule has 0 aliphatic rings. The van der Waals surface area contributed by atoms with Gasteiger partial charge in [0.15, 0.2) is 0 Å². The zero-order valence-electron chi connectivity index (χ0n) is 10.7. The number of imidazole rings is 1. The van der Waals surface area contributed by atoms with Crippen LogP contribution in [0.25, 0.3) is 5.95 Å². The topological polar surface area (TPSA) is 55.6 Å². The Morgan fingerprint density at radius 2 is 1.94 bits per heavy atom. The smallest absolute Gasteiger partial charge is 0.235 e. The molecule has 0 aromatic carbocycles. The summed E-state index contributed by atoms with van der Waals surface area (Å²) in [6.07, 6.45) is 3.63.